The number of anilines is 1. The molecule has 8 nitrogen and oxygen atoms in total. The van der Waals surface area contributed by atoms with Crippen molar-refractivity contribution in [1.29, 1.82) is 0 Å². The van der Waals surface area contributed by atoms with Gasteiger partial charge in [0.25, 0.3) is 5.95 Å². The van der Waals surface area contributed by atoms with Crippen molar-refractivity contribution in [2.24, 2.45) is 0 Å². The smallest absolute Gasteiger partial charge is 0.360 e. The molecule has 0 saturated heterocycles. The summed E-state index contributed by atoms with van der Waals surface area (Å²) in [5.74, 6) is 0.0953. The van der Waals surface area contributed by atoms with Crippen LogP contribution in [0.15, 0.2) is 12.3 Å². The van der Waals surface area contributed by atoms with Crippen LogP contribution in [-0.2, 0) is 4.74 Å². The highest BCUT2D eigenvalue weighted by Gasteiger charge is 2.17. The van der Waals surface area contributed by atoms with Gasteiger partial charge in [-0.3, -0.25) is 0 Å². The van der Waals surface area contributed by atoms with Crippen LogP contribution in [0.1, 0.15) is 23.1 Å². The zero-order chi connectivity index (χ0) is 14.7. The maximum absolute atomic E-state index is 11.5. The zero-order valence-corrected chi connectivity index (χ0v) is 11.5. The van der Waals surface area contributed by atoms with Gasteiger partial charge in [0.2, 0.25) is 5.88 Å². The van der Waals surface area contributed by atoms with E-state index in [0.717, 1.165) is 0 Å². The van der Waals surface area contributed by atoms with E-state index in [2.05, 4.69) is 19.8 Å². The Hall–Kier alpha value is -2.64. The molecule has 0 radical (unpaired) electrons. The van der Waals surface area contributed by atoms with Crippen LogP contribution in [0.5, 0.6) is 5.88 Å². The normalized spacial score (nSPS) is 10.3. The van der Waals surface area contributed by atoms with Crippen LogP contribution in [-0.4, -0.2) is 39.4 Å². The number of aryl methyl sites for hydroxylation is 1. The van der Waals surface area contributed by atoms with Crippen LogP contribution >= 0.6 is 0 Å². The van der Waals surface area contributed by atoms with E-state index in [0.29, 0.717) is 18.2 Å². The maximum Gasteiger partial charge on any atom is 0.360 e. The van der Waals surface area contributed by atoms with Crippen LogP contribution in [0.2, 0.25) is 0 Å². The first-order valence-corrected chi connectivity index (χ1v) is 5.97. The van der Waals surface area contributed by atoms with E-state index in [4.69, 9.17) is 10.5 Å². The Bertz CT molecular complexity index is 638. The predicted molar refractivity (Wildman–Crippen MR) is 70.8 cm³/mol. The minimum Gasteiger partial charge on any atom is -0.478 e. The number of carbonyl (C=O) groups is 1. The molecular formula is C12H15N5O3. The highest BCUT2D eigenvalue weighted by Crippen LogP contribution is 2.15. The van der Waals surface area contributed by atoms with Crippen molar-refractivity contribution >= 4 is 11.7 Å². The molecule has 2 heterocycles. The van der Waals surface area contributed by atoms with Gasteiger partial charge in [0.15, 0.2) is 5.69 Å². The van der Waals surface area contributed by atoms with E-state index in [-0.39, 0.29) is 17.3 Å². The summed E-state index contributed by atoms with van der Waals surface area (Å²) in [6.07, 6.45) is 1.46. The lowest BCUT2D eigenvalue weighted by atomic mass is 10.4. The fourth-order valence-corrected chi connectivity index (χ4v) is 1.59. The van der Waals surface area contributed by atoms with E-state index in [1.165, 1.54) is 18.0 Å². The van der Waals surface area contributed by atoms with Crippen molar-refractivity contribution in [2.45, 2.75) is 13.8 Å². The lowest BCUT2D eigenvalue weighted by Gasteiger charge is -2.05. The van der Waals surface area contributed by atoms with Crippen LogP contribution < -0.4 is 10.5 Å². The Kier molecular flexibility index (Phi) is 3.83. The Morgan fingerprint density at radius 2 is 2.20 bits per heavy atom. The third-order valence-electron chi connectivity index (χ3n) is 2.44. The number of nitrogens with two attached hydrogens (primary N) is 1. The summed E-state index contributed by atoms with van der Waals surface area (Å²) in [5.41, 5.74) is 6.65. The van der Waals surface area contributed by atoms with Crippen LogP contribution in [0, 0.1) is 6.92 Å². The van der Waals surface area contributed by atoms with Crippen molar-refractivity contribution in [3.05, 3.63) is 23.7 Å². The Morgan fingerprint density at radius 3 is 2.85 bits per heavy atom. The minimum absolute atomic E-state index is 0.0237. The molecule has 2 aromatic heterocycles. The van der Waals surface area contributed by atoms with Crippen LogP contribution in [0.4, 0.5) is 5.69 Å². The molecule has 0 amide bonds. The standard InChI is InChI=1S/C12H15N5O3/c1-4-20-9-5-7(2)14-12(15-9)17-6-8(13)10(16-17)11(18)19-3/h5-6H,4,13H2,1-3H3. The van der Waals surface area contributed by atoms with Gasteiger partial charge in [-0.05, 0) is 13.8 Å². The van der Waals surface area contributed by atoms with Gasteiger partial charge >= 0.3 is 5.97 Å². The molecule has 0 bridgehead atoms. The van der Waals surface area contributed by atoms with Crippen molar-refractivity contribution in [3.8, 4) is 11.8 Å². The van der Waals surface area contributed by atoms with Gasteiger partial charge < -0.3 is 15.2 Å². The lowest BCUT2D eigenvalue weighted by molar-refractivity contribution is 0.0594. The van der Waals surface area contributed by atoms with Gasteiger partial charge in [0.05, 0.1) is 25.6 Å². The number of carbonyl (C=O) groups excluding carboxylic acids is 1. The molecule has 0 unspecified atom stereocenters. The van der Waals surface area contributed by atoms with Crippen molar-refractivity contribution in [2.75, 3.05) is 19.5 Å². The topological polar surface area (TPSA) is 105 Å². The first-order valence-electron chi connectivity index (χ1n) is 5.97. The van der Waals surface area contributed by atoms with Gasteiger partial charge in [-0.15, -0.1) is 0 Å². The summed E-state index contributed by atoms with van der Waals surface area (Å²) < 4.78 is 11.2. The number of nitrogens with zero attached hydrogens (tertiary/aromatic N) is 4. The summed E-state index contributed by atoms with van der Waals surface area (Å²) in [6.45, 7) is 4.16. The predicted octanol–water partition coefficient (Wildman–Crippen LogP) is 0.738. The Balaban J connectivity index is 2.43. The first kappa shape index (κ1) is 13.8. The number of methoxy groups -OCH3 is 1. The summed E-state index contributed by atoms with van der Waals surface area (Å²) in [7, 11) is 1.26. The molecule has 2 N–H and O–H groups in total. The number of rotatable bonds is 4. The summed E-state index contributed by atoms with van der Waals surface area (Å²) in [6, 6.07) is 1.71. The Morgan fingerprint density at radius 1 is 1.45 bits per heavy atom. The zero-order valence-electron chi connectivity index (χ0n) is 11.5. The fourth-order valence-electron chi connectivity index (χ4n) is 1.59. The molecule has 0 atom stereocenters. The van der Waals surface area contributed by atoms with E-state index in [9.17, 15) is 4.79 Å². The monoisotopic (exact) mass is 277 g/mol. The number of hydrogen-bond acceptors (Lipinski definition) is 7. The SMILES string of the molecule is CCOc1cc(C)nc(-n2cc(N)c(C(=O)OC)n2)n1. The van der Waals surface area contributed by atoms with Gasteiger partial charge in [0.1, 0.15) is 0 Å². The molecule has 2 aromatic rings. The van der Waals surface area contributed by atoms with Gasteiger partial charge in [-0.2, -0.15) is 10.1 Å². The Labute approximate surface area is 115 Å². The lowest BCUT2D eigenvalue weighted by Crippen LogP contribution is -2.08. The summed E-state index contributed by atoms with van der Waals surface area (Å²) >= 11 is 0. The van der Waals surface area contributed by atoms with Gasteiger partial charge in [-0.1, -0.05) is 0 Å². The number of esters is 1. The molecule has 20 heavy (non-hydrogen) atoms. The minimum atomic E-state index is -0.612. The second-order valence-corrected chi connectivity index (χ2v) is 3.95. The van der Waals surface area contributed by atoms with E-state index in [1.807, 2.05) is 13.8 Å². The largest absolute Gasteiger partial charge is 0.478 e. The molecule has 0 saturated carbocycles. The molecule has 0 spiro atoms. The second-order valence-electron chi connectivity index (χ2n) is 3.95. The first-order chi connectivity index (χ1) is 9.55. The van der Waals surface area contributed by atoms with E-state index >= 15 is 0 Å². The van der Waals surface area contributed by atoms with Crippen molar-refractivity contribution in [1.82, 2.24) is 19.7 Å². The number of aromatic nitrogens is 4. The van der Waals surface area contributed by atoms with Crippen LogP contribution in [0.3, 0.4) is 0 Å². The van der Waals surface area contributed by atoms with E-state index in [1.54, 1.807) is 6.07 Å². The molecular weight excluding hydrogens is 262 g/mol. The third-order valence-corrected chi connectivity index (χ3v) is 2.44. The van der Waals surface area contributed by atoms with Crippen molar-refractivity contribution in [3.63, 3.8) is 0 Å². The number of ether oxygens (including phenoxy) is 2. The highest BCUT2D eigenvalue weighted by atomic mass is 16.5. The molecule has 106 valence electrons. The molecule has 0 aromatic carbocycles. The van der Waals surface area contributed by atoms with Gasteiger partial charge in [0, 0.05) is 11.8 Å². The average molecular weight is 277 g/mol. The third kappa shape index (κ3) is 2.68. The van der Waals surface area contributed by atoms with Gasteiger partial charge in [-0.25, -0.2) is 14.5 Å². The number of hydrogen-bond donors (Lipinski definition) is 1. The maximum atomic E-state index is 11.5. The quantitative estimate of drug-likeness (QED) is 0.821. The molecule has 2 rings (SSSR count). The fraction of sp³-hybridized carbons (Fsp3) is 0.333. The average Bonchev–Trinajstić information content (AvgIpc) is 2.80. The van der Waals surface area contributed by atoms with Crippen LogP contribution in [0.25, 0.3) is 5.95 Å². The molecule has 0 aliphatic rings. The summed E-state index contributed by atoms with van der Waals surface area (Å²) in [5, 5.41) is 4.03. The molecule has 0 aliphatic carbocycles. The number of nitrogen functional groups attached to an aromatic ring is 1. The molecule has 8 heteroatoms. The van der Waals surface area contributed by atoms with E-state index < -0.39 is 5.97 Å². The van der Waals surface area contributed by atoms with Crippen molar-refractivity contribution < 1.29 is 14.3 Å². The summed E-state index contributed by atoms with van der Waals surface area (Å²) in [4.78, 5) is 19.9. The highest BCUT2D eigenvalue weighted by molar-refractivity contribution is 5.92. The molecule has 0 aliphatic heterocycles. The molecule has 0 fully saturated rings. The second kappa shape index (κ2) is 5.55.